The summed E-state index contributed by atoms with van der Waals surface area (Å²) >= 11 is 0. The molecule has 2 aromatic heterocycles. The van der Waals surface area contributed by atoms with Gasteiger partial charge in [0.2, 0.25) is 11.7 Å². The number of carbonyl (C=O) groups excluding carboxylic acids is 1. The van der Waals surface area contributed by atoms with Crippen LogP contribution in [0.2, 0.25) is 0 Å². The highest BCUT2D eigenvalue weighted by Crippen LogP contribution is 2.32. The molecule has 3 aromatic rings. The maximum atomic E-state index is 12.4. The number of benzene rings is 1. The van der Waals surface area contributed by atoms with Crippen LogP contribution in [-0.4, -0.2) is 42.3 Å². The molecule has 0 saturated heterocycles. The van der Waals surface area contributed by atoms with Crippen LogP contribution in [0.1, 0.15) is 12.6 Å². The number of anilines is 1. The smallest absolute Gasteiger partial charge is 0.238 e. The molecule has 0 fully saturated rings. The van der Waals surface area contributed by atoms with Crippen LogP contribution in [0.3, 0.4) is 0 Å². The molecule has 1 aromatic carbocycles. The van der Waals surface area contributed by atoms with Crippen molar-refractivity contribution in [2.24, 2.45) is 0 Å². The third kappa shape index (κ3) is 4.17. The van der Waals surface area contributed by atoms with Crippen LogP contribution >= 0.6 is 0 Å². The van der Waals surface area contributed by atoms with Gasteiger partial charge in [-0.3, -0.25) is 9.69 Å². The molecule has 0 atom stereocenters. The molecule has 3 heterocycles. The van der Waals surface area contributed by atoms with Crippen molar-refractivity contribution in [3.63, 3.8) is 0 Å². The highest BCUT2D eigenvalue weighted by molar-refractivity contribution is 5.92. The number of fused-ring (bicyclic) bond motifs is 1. The normalized spacial score (nSPS) is 12.9. The van der Waals surface area contributed by atoms with E-state index in [1.807, 2.05) is 24.0 Å². The molecule has 4 rings (SSSR count). The summed E-state index contributed by atoms with van der Waals surface area (Å²) in [7, 11) is 0. The summed E-state index contributed by atoms with van der Waals surface area (Å²) in [6.45, 7) is 4.45. The van der Waals surface area contributed by atoms with E-state index in [9.17, 15) is 4.79 Å². The van der Waals surface area contributed by atoms with Crippen LogP contribution in [0.5, 0.6) is 11.5 Å². The third-order valence-electron chi connectivity index (χ3n) is 4.35. The first-order valence-corrected chi connectivity index (χ1v) is 9.12. The standard InChI is InChI=1S/C20H21N3O5/c1-2-23(12-15-11-19(28-22-15)16-4-3-7-25-16)13-20(24)21-14-5-6-17-18(10-14)27-9-8-26-17/h3-7,10-11H,2,8-9,12-13H2,1H3,(H,21,24). The van der Waals surface area contributed by atoms with Crippen molar-refractivity contribution in [3.05, 3.63) is 48.4 Å². The van der Waals surface area contributed by atoms with E-state index in [-0.39, 0.29) is 12.5 Å². The number of furan rings is 1. The predicted octanol–water partition coefficient (Wildman–Crippen LogP) is 3.17. The van der Waals surface area contributed by atoms with Gasteiger partial charge < -0.3 is 23.7 Å². The maximum absolute atomic E-state index is 12.4. The number of amides is 1. The number of ether oxygens (including phenoxy) is 2. The number of likely N-dealkylation sites (N-methyl/N-ethyl adjacent to an activating group) is 1. The number of carbonyl (C=O) groups is 1. The zero-order valence-electron chi connectivity index (χ0n) is 15.5. The number of nitrogens with zero attached hydrogens (tertiary/aromatic N) is 2. The first-order chi connectivity index (χ1) is 13.7. The minimum absolute atomic E-state index is 0.117. The monoisotopic (exact) mass is 383 g/mol. The van der Waals surface area contributed by atoms with E-state index in [0.29, 0.717) is 55.0 Å². The molecular formula is C20H21N3O5. The van der Waals surface area contributed by atoms with Crippen molar-refractivity contribution in [1.82, 2.24) is 10.1 Å². The predicted molar refractivity (Wildman–Crippen MR) is 101 cm³/mol. The zero-order chi connectivity index (χ0) is 19.3. The van der Waals surface area contributed by atoms with Gasteiger partial charge in [0, 0.05) is 24.4 Å². The van der Waals surface area contributed by atoms with Crippen molar-refractivity contribution >= 4 is 11.6 Å². The minimum Gasteiger partial charge on any atom is -0.486 e. The molecule has 0 radical (unpaired) electrons. The van der Waals surface area contributed by atoms with E-state index in [0.717, 1.165) is 5.69 Å². The van der Waals surface area contributed by atoms with Crippen LogP contribution in [0.15, 0.2) is 51.6 Å². The fourth-order valence-electron chi connectivity index (χ4n) is 2.95. The average Bonchev–Trinajstić information content (AvgIpc) is 3.39. The van der Waals surface area contributed by atoms with Crippen molar-refractivity contribution in [2.45, 2.75) is 13.5 Å². The molecule has 0 unspecified atom stereocenters. The SMILES string of the molecule is CCN(CC(=O)Nc1ccc2c(c1)OCCO2)Cc1cc(-c2ccco2)on1. The molecule has 28 heavy (non-hydrogen) atoms. The maximum Gasteiger partial charge on any atom is 0.238 e. The summed E-state index contributed by atoms with van der Waals surface area (Å²) < 4.78 is 21.7. The number of hydrogen-bond acceptors (Lipinski definition) is 7. The van der Waals surface area contributed by atoms with Crippen LogP contribution in [0, 0.1) is 0 Å². The Morgan fingerprint density at radius 3 is 2.79 bits per heavy atom. The third-order valence-corrected chi connectivity index (χ3v) is 4.35. The van der Waals surface area contributed by atoms with Gasteiger partial charge in [0.05, 0.1) is 18.5 Å². The van der Waals surface area contributed by atoms with Gasteiger partial charge in [-0.15, -0.1) is 0 Å². The summed E-state index contributed by atoms with van der Waals surface area (Å²) in [4.78, 5) is 14.4. The summed E-state index contributed by atoms with van der Waals surface area (Å²) in [5.41, 5.74) is 1.41. The Balaban J connectivity index is 1.35. The first-order valence-electron chi connectivity index (χ1n) is 9.12. The van der Waals surface area contributed by atoms with E-state index >= 15 is 0 Å². The topological polar surface area (TPSA) is 90.0 Å². The summed E-state index contributed by atoms with van der Waals surface area (Å²) in [6.07, 6.45) is 1.58. The van der Waals surface area contributed by atoms with Crippen molar-refractivity contribution in [2.75, 3.05) is 31.6 Å². The van der Waals surface area contributed by atoms with Gasteiger partial charge in [-0.2, -0.15) is 0 Å². The second-order valence-electron chi connectivity index (χ2n) is 6.37. The number of aromatic nitrogens is 1. The molecule has 1 N–H and O–H groups in total. The van der Waals surface area contributed by atoms with Crippen LogP contribution in [-0.2, 0) is 11.3 Å². The van der Waals surface area contributed by atoms with E-state index in [1.165, 1.54) is 0 Å². The van der Waals surface area contributed by atoms with Crippen molar-refractivity contribution in [3.8, 4) is 23.0 Å². The van der Waals surface area contributed by atoms with Crippen LogP contribution in [0.4, 0.5) is 5.69 Å². The fourth-order valence-corrected chi connectivity index (χ4v) is 2.95. The van der Waals surface area contributed by atoms with Gasteiger partial charge in [0.25, 0.3) is 0 Å². The molecule has 1 amide bonds. The van der Waals surface area contributed by atoms with Gasteiger partial charge in [-0.1, -0.05) is 12.1 Å². The Bertz CT molecular complexity index is 935. The fraction of sp³-hybridized carbons (Fsp3) is 0.300. The summed E-state index contributed by atoms with van der Waals surface area (Å²) in [5.74, 6) is 2.41. The van der Waals surface area contributed by atoms with E-state index < -0.39 is 0 Å². The van der Waals surface area contributed by atoms with Gasteiger partial charge in [-0.05, 0) is 30.8 Å². The lowest BCUT2D eigenvalue weighted by molar-refractivity contribution is -0.117. The van der Waals surface area contributed by atoms with Crippen molar-refractivity contribution < 1.29 is 23.2 Å². The highest BCUT2D eigenvalue weighted by atomic mass is 16.6. The molecule has 8 heteroatoms. The number of rotatable bonds is 7. The molecule has 0 spiro atoms. The van der Waals surface area contributed by atoms with Crippen LogP contribution in [0.25, 0.3) is 11.5 Å². The summed E-state index contributed by atoms with van der Waals surface area (Å²) in [6, 6.07) is 10.8. The Morgan fingerprint density at radius 1 is 1.14 bits per heavy atom. The van der Waals surface area contributed by atoms with Gasteiger partial charge in [0.1, 0.15) is 13.2 Å². The molecule has 1 aliphatic heterocycles. The molecule has 0 aliphatic carbocycles. The average molecular weight is 383 g/mol. The Labute approximate surface area is 162 Å². The molecule has 0 saturated carbocycles. The van der Waals surface area contributed by atoms with Crippen LogP contribution < -0.4 is 14.8 Å². The molecule has 8 nitrogen and oxygen atoms in total. The number of nitrogens with one attached hydrogen (secondary N) is 1. The molecule has 146 valence electrons. The van der Waals surface area contributed by atoms with E-state index in [4.69, 9.17) is 18.4 Å². The van der Waals surface area contributed by atoms with E-state index in [2.05, 4.69) is 10.5 Å². The quantitative estimate of drug-likeness (QED) is 0.670. The summed E-state index contributed by atoms with van der Waals surface area (Å²) in [5, 5.41) is 6.96. The molecule has 1 aliphatic rings. The van der Waals surface area contributed by atoms with E-state index in [1.54, 1.807) is 30.5 Å². The van der Waals surface area contributed by atoms with Crippen molar-refractivity contribution in [1.29, 1.82) is 0 Å². The lowest BCUT2D eigenvalue weighted by Gasteiger charge is -2.20. The lowest BCUT2D eigenvalue weighted by atomic mass is 10.2. The Morgan fingerprint density at radius 2 is 2.00 bits per heavy atom. The first kappa shape index (κ1) is 18.1. The minimum atomic E-state index is -0.117. The van der Waals surface area contributed by atoms with Gasteiger partial charge in [0.15, 0.2) is 17.3 Å². The highest BCUT2D eigenvalue weighted by Gasteiger charge is 2.16. The Kier molecular flexibility index (Phi) is 5.29. The second kappa shape index (κ2) is 8.18. The lowest BCUT2D eigenvalue weighted by Crippen LogP contribution is -2.32. The molecule has 0 bridgehead atoms. The zero-order valence-corrected chi connectivity index (χ0v) is 15.5. The second-order valence-corrected chi connectivity index (χ2v) is 6.37. The Hall–Kier alpha value is -3.26. The van der Waals surface area contributed by atoms with Gasteiger partial charge in [-0.25, -0.2) is 0 Å². The number of hydrogen-bond donors (Lipinski definition) is 1. The largest absolute Gasteiger partial charge is 0.486 e. The molecular weight excluding hydrogens is 362 g/mol. The van der Waals surface area contributed by atoms with Gasteiger partial charge >= 0.3 is 0 Å².